The number of benzene rings is 1. The summed E-state index contributed by atoms with van der Waals surface area (Å²) in [5, 5.41) is 0. The quantitative estimate of drug-likeness (QED) is 0.471. The zero-order valence-corrected chi connectivity index (χ0v) is 19.5. The second-order valence-corrected chi connectivity index (χ2v) is 7.52. The van der Waals surface area contributed by atoms with Crippen molar-refractivity contribution in [1.82, 2.24) is 0 Å². The summed E-state index contributed by atoms with van der Waals surface area (Å²) in [6.45, 7) is 28.6. The lowest BCUT2D eigenvalue weighted by atomic mass is 9.86. The van der Waals surface area contributed by atoms with Gasteiger partial charge in [-0.2, -0.15) is 0 Å². The van der Waals surface area contributed by atoms with Crippen molar-refractivity contribution in [2.45, 2.75) is 93.9 Å². The van der Waals surface area contributed by atoms with Gasteiger partial charge in [-0.1, -0.05) is 102 Å². The summed E-state index contributed by atoms with van der Waals surface area (Å²) in [5.74, 6) is 0. The fraction of sp³-hybridized carbons (Fsp3) is 0.538. The highest BCUT2D eigenvalue weighted by Crippen LogP contribution is 2.22. The average molecular weight is 359 g/mol. The third-order valence-corrected chi connectivity index (χ3v) is 3.40. The van der Waals surface area contributed by atoms with Crippen molar-refractivity contribution >= 4 is 0 Å². The highest BCUT2D eigenvalue weighted by atomic mass is 14.2. The summed E-state index contributed by atoms with van der Waals surface area (Å²) >= 11 is 0. The zero-order chi connectivity index (χ0) is 21.2. The molecule has 0 heteroatoms. The normalized spacial score (nSPS) is 9.15. The first-order chi connectivity index (χ1) is 12.1. The van der Waals surface area contributed by atoms with E-state index in [-0.39, 0.29) is 5.41 Å². The first-order valence-electron chi connectivity index (χ1n) is 10.0. The molecule has 0 saturated carbocycles. The van der Waals surface area contributed by atoms with Gasteiger partial charge in [0.05, 0.1) is 0 Å². The second-order valence-electron chi connectivity index (χ2n) is 7.52. The van der Waals surface area contributed by atoms with Crippen LogP contribution in [0.5, 0.6) is 0 Å². The second kappa shape index (κ2) is 18.2. The minimum absolute atomic E-state index is 0.252. The van der Waals surface area contributed by atoms with E-state index in [1.165, 1.54) is 28.7 Å². The highest BCUT2D eigenvalue weighted by molar-refractivity contribution is 5.29. The van der Waals surface area contributed by atoms with E-state index in [0.29, 0.717) is 0 Å². The number of rotatable bonds is 4. The molecular weight excluding hydrogens is 312 g/mol. The first-order valence-corrected chi connectivity index (χ1v) is 10.0. The molecule has 0 aliphatic carbocycles. The van der Waals surface area contributed by atoms with E-state index in [2.05, 4.69) is 92.0 Å². The van der Waals surface area contributed by atoms with Crippen molar-refractivity contribution in [3.8, 4) is 0 Å². The predicted octanol–water partition coefficient (Wildman–Crippen LogP) is 9.07. The van der Waals surface area contributed by atoms with Gasteiger partial charge >= 0.3 is 0 Å². The molecule has 150 valence electrons. The molecule has 0 aliphatic rings. The van der Waals surface area contributed by atoms with E-state index in [9.17, 15) is 0 Å². The Kier molecular flexibility index (Phi) is 20.5. The number of hydrogen-bond donors (Lipinski definition) is 0. The Morgan fingerprint density at radius 1 is 1.00 bits per heavy atom. The van der Waals surface area contributed by atoms with Gasteiger partial charge in [-0.3, -0.25) is 0 Å². The molecule has 1 rings (SSSR count). The zero-order valence-electron chi connectivity index (χ0n) is 19.5. The van der Waals surface area contributed by atoms with Crippen LogP contribution >= 0.6 is 0 Å². The van der Waals surface area contributed by atoms with Crippen LogP contribution in [0.3, 0.4) is 0 Å². The van der Waals surface area contributed by atoms with Crippen molar-refractivity contribution in [2.75, 3.05) is 0 Å². The SMILES string of the molecule is C=C(C)Cc1ccc(C(C)(C)C)cc1.C=CCCC.CC.CC=C(C)C. The molecule has 0 amide bonds. The van der Waals surface area contributed by atoms with Crippen LogP contribution in [0.15, 0.2) is 60.7 Å². The monoisotopic (exact) mass is 358 g/mol. The molecule has 0 heterocycles. The molecule has 0 radical (unpaired) electrons. The predicted molar refractivity (Wildman–Crippen MR) is 125 cm³/mol. The van der Waals surface area contributed by atoms with Crippen molar-refractivity contribution in [3.63, 3.8) is 0 Å². The molecule has 0 aromatic heterocycles. The summed E-state index contributed by atoms with van der Waals surface area (Å²) in [7, 11) is 0. The van der Waals surface area contributed by atoms with Crippen molar-refractivity contribution in [2.24, 2.45) is 0 Å². The maximum Gasteiger partial charge on any atom is -0.00726 e. The van der Waals surface area contributed by atoms with Crippen LogP contribution < -0.4 is 0 Å². The van der Waals surface area contributed by atoms with Gasteiger partial charge in [-0.25, -0.2) is 0 Å². The van der Waals surface area contributed by atoms with Gasteiger partial charge < -0.3 is 0 Å². The Hall–Kier alpha value is -1.56. The number of hydrogen-bond acceptors (Lipinski definition) is 0. The molecule has 0 saturated heterocycles. The lowest BCUT2D eigenvalue weighted by Gasteiger charge is -2.19. The Labute approximate surface area is 166 Å². The number of allylic oxidation sites excluding steroid dienone is 4. The Morgan fingerprint density at radius 2 is 1.42 bits per heavy atom. The molecule has 0 spiro atoms. The Balaban J connectivity index is -0.000000366. The molecule has 0 fully saturated rings. The van der Waals surface area contributed by atoms with Gasteiger partial charge in [-0.15, -0.1) is 6.58 Å². The van der Waals surface area contributed by atoms with Gasteiger partial charge in [0.15, 0.2) is 0 Å². The fourth-order valence-corrected chi connectivity index (χ4v) is 1.68. The maximum atomic E-state index is 3.92. The lowest BCUT2D eigenvalue weighted by Crippen LogP contribution is -2.10. The summed E-state index contributed by atoms with van der Waals surface area (Å²) in [5.41, 5.74) is 5.59. The Bertz CT molecular complexity index is 474. The van der Waals surface area contributed by atoms with Gasteiger partial charge in [0, 0.05) is 0 Å². The van der Waals surface area contributed by atoms with Crippen LogP contribution in [-0.2, 0) is 11.8 Å². The smallest absolute Gasteiger partial charge is 0.00726 e. The molecule has 0 nitrogen and oxygen atoms in total. The molecule has 0 aliphatic heterocycles. The molecular formula is C26H46. The van der Waals surface area contributed by atoms with Crippen LogP contribution in [-0.4, -0.2) is 0 Å². The van der Waals surface area contributed by atoms with E-state index in [1.807, 2.05) is 26.8 Å². The maximum absolute atomic E-state index is 3.92. The molecule has 0 N–H and O–H groups in total. The largest absolute Gasteiger partial charge is 0.103 e. The summed E-state index contributed by atoms with van der Waals surface area (Å²) < 4.78 is 0. The van der Waals surface area contributed by atoms with Crippen molar-refractivity contribution in [3.05, 3.63) is 71.8 Å². The van der Waals surface area contributed by atoms with Gasteiger partial charge in [0.1, 0.15) is 0 Å². The summed E-state index contributed by atoms with van der Waals surface area (Å²) in [6, 6.07) is 8.85. The first kappa shape index (κ1) is 29.2. The van der Waals surface area contributed by atoms with Crippen molar-refractivity contribution in [1.29, 1.82) is 0 Å². The minimum Gasteiger partial charge on any atom is -0.103 e. The lowest BCUT2D eigenvalue weighted by molar-refractivity contribution is 0.590. The molecule has 0 bridgehead atoms. The van der Waals surface area contributed by atoms with Crippen LogP contribution in [0.4, 0.5) is 0 Å². The van der Waals surface area contributed by atoms with Crippen LogP contribution in [0, 0.1) is 0 Å². The van der Waals surface area contributed by atoms with E-state index in [1.54, 1.807) is 0 Å². The third-order valence-electron chi connectivity index (χ3n) is 3.40. The van der Waals surface area contributed by atoms with Gasteiger partial charge in [0.25, 0.3) is 0 Å². The van der Waals surface area contributed by atoms with Gasteiger partial charge in [-0.05, 0) is 57.1 Å². The molecule has 0 unspecified atom stereocenters. The summed E-state index contributed by atoms with van der Waals surface area (Å²) in [6.07, 6.45) is 7.38. The van der Waals surface area contributed by atoms with Gasteiger partial charge in [0.2, 0.25) is 0 Å². The third kappa shape index (κ3) is 20.5. The molecule has 1 aromatic carbocycles. The van der Waals surface area contributed by atoms with Crippen LogP contribution in [0.1, 0.15) is 93.2 Å². The van der Waals surface area contributed by atoms with E-state index in [4.69, 9.17) is 0 Å². The van der Waals surface area contributed by atoms with E-state index >= 15 is 0 Å². The van der Waals surface area contributed by atoms with Crippen LogP contribution in [0.2, 0.25) is 0 Å². The molecule has 0 atom stereocenters. The van der Waals surface area contributed by atoms with E-state index < -0.39 is 0 Å². The molecule has 26 heavy (non-hydrogen) atoms. The van der Waals surface area contributed by atoms with Crippen LogP contribution in [0.25, 0.3) is 0 Å². The standard InChI is InChI=1S/C14H20.2C5H10.C2H6/c1-11(2)10-12-6-8-13(9-7-12)14(3,4)5;1-4-5(2)3;1-3-5-4-2;1-2/h6-9H,1,10H2,2-5H3;4H,1-3H3;3H,1,4-5H2,2H3;1-2H3. The minimum atomic E-state index is 0.252. The molecule has 1 aromatic rings. The Morgan fingerprint density at radius 3 is 1.62 bits per heavy atom. The topological polar surface area (TPSA) is 0 Å². The highest BCUT2D eigenvalue weighted by Gasteiger charge is 2.12. The summed E-state index contributed by atoms with van der Waals surface area (Å²) in [4.78, 5) is 0. The van der Waals surface area contributed by atoms with Crippen molar-refractivity contribution < 1.29 is 0 Å². The fourth-order valence-electron chi connectivity index (χ4n) is 1.68. The average Bonchev–Trinajstić information content (AvgIpc) is 2.57. The number of unbranched alkanes of at least 4 members (excludes halogenated alkanes) is 1. The van der Waals surface area contributed by atoms with E-state index in [0.717, 1.165) is 12.8 Å².